The molecule has 8 nitrogen and oxygen atoms in total. The quantitative estimate of drug-likeness (QED) is 0.366. The number of hydrogen-bond donors (Lipinski definition) is 1. The standard InChI is InChI=1S/C21H31N7O.HI/c1-3-22-21(27-9-6-19(16-27)26-11-13-29-14-12-26)25-15-18-5-4-7-24-20(18)28-10-8-23-17(28)2;/h4-5,7-8,10,19H,3,6,9,11-16H2,1-2H3,(H,22,25);1H. The third kappa shape index (κ3) is 5.30. The van der Waals surface area contributed by atoms with Crippen molar-refractivity contribution in [2.24, 2.45) is 4.99 Å². The zero-order valence-electron chi connectivity index (χ0n) is 17.8. The number of imidazole rings is 1. The van der Waals surface area contributed by atoms with Crippen molar-refractivity contribution in [3.05, 3.63) is 42.1 Å². The molecule has 9 heteroatoms. The SMILES string of the molecule is CCNC(=NCc1cccnc1-n1ccnc1C)N1CCC(N2CCOCC2)C1.I. The van der Waals surface area contributed by atoms with Crippen LogP contribution in [0.1, 0.15) is 24.7 Å². The van der Waals surface area contributed by atoms with Gasteiger partial charge in [-0.2, -0.15) is 0 Å². The van der Waals surface area contributed by atoms with Crippen LogP contribution in [0, 0.1) is 6.92 Å². The molecule has 2 saturated heterocycles. The Morgan fingerprint density at radius 3 is 2.80 bits per heavy atom. The topological polar surface area (TPSA) is 70.8 Å². The number of halogens is 1. The minimum Gasteiger partial charge on any atom is -0.379 e. The van der Waals surface area contributed by atoms with Crippen molar-refractivity contribution < 1.29 is 4.74 Å². The first kappa shape index (κ1) is 23.0. The highest BCUT2D eigenvalue weighted by atomic mass is 127. The molecule has 4 rings (SSSR count). The Hall–Kier alpha value is -1.72. The predicted octanol–water partition coefficient (Wildman–Crippen LogP) is 2.07. The average Bonchev–Trinajstić information content (AvgIpc) is 3.41. The molecule has 2 aromatic heterocycles. The molecule has 0 amide bonds. The number of rotatable bonds is 5. The summed E-state index contributed by atoms with van der Waals surface area (Å²) in [5, 5.41) is 3.48. The van der Waals surface area contributed by atoms with Gasteiger partial charge in [0.25, 0.3) is 0 Å². The van der Waals surface area contributed by atoms with Gasteiger partial charge in [0.2, 0.25) is 0 Å². The first-order valence-corrected chi connectivity index (χ1v) is 10.6. The monoisotopic (exact) mass is 525 g/mol. The van der Waals surface area contributed by atoms with E-state index in [0.717, 1.165) is 69.1 Å². The first-order valence-electron chi connectivity index (χ1n) is 10.6. The summed E-state index contributed by atoms with van der Waals surface area (Å²) in [5.41, 5.74) is 1.09. The highest BCUT2D eigenvalue weighted by molar-refractivity contribution is 14.0. The Bertz CT molecular complexity index is 834. The number of likely N-dealkylation sites (tertiary alicyclic amines) is 1. The number of morpholine rings is 1. The lowest BCUT2D eigenvalue weighted by Crippen LogP contribution is -2.46. The fourth-order valence-electron chi connectivity index (χ4n) is 4.13. The number of nitrogens with zero attached hydrogens (tertiary/aromatic N) is 6. The van der Waals surface area contributed by atoms with Crippen molar-refractivity contribution in [1.29, 1.82) is 0 Å². The molecule has 0 aliphatic carbocycles. The number of guanidine groups is 1. The van der Waals surface area contributed by atoms with Crippen LogP contribution in [0.2, 0.25) is 0 Å². The second kappa shape index (κ2) is 11.1. The molecule has 0 bridgehead atoms. The number of pyridine rings is 1. The Morgan fingerprint density at radius 1 is 1.23 bits per heavy atom. The van der Waals surface area contributed by atoms with Gasteiger partial charge in [-0.15, -0.1) is 24.0 Å². The average molecular weight is 525 g/mol. The lowest BCUT2D eigenvalue weighted by atomic mass is 10.2. The molecule has 1 N–H and O–H groups in total. The summed E-state index contributed by atoms with van der Waals surface area (Å²) in [4.78, 5) is 18.8. The lowest BCUT2D eigenvalue weighted by Gasteiger charge is -2.32. The molecule has 2 aliphatic rings. The van der Waals surface area contributed by atoms with Crippen molar-refractivity contribution in [3.63, 3.8) is 0 Å². The largest absolute Gasteiger partial charge is 0.379 e. The maximum absolute atomic E-state index is 5.51. The molecule has 0 aromatic carbocycles. The normalized spacial score (nSPS) is 20.3. The molecule has 0 spiro atoms. The molecular weight excluding hydrogens is 493 g/mol. The van der Waals surface area contributed by atoms with Gasteiger partial charge in [-0.1, -0.05) is 6.07 Å². The van der Waals surface area contributed by atoms with E-state index in [1.54, 1.807) is 6.20 Å². The third-order valence-corrected chi connectivity index (χ3v) is 5.68. The van der Waals surface area contributed by atoms with Gasteiger partial charge in [0.05, 0.1) is 19.8 Å². The van der Waals surface area contributed by atoms with Gasteiger partial charge in [-0.3, -0.25) is 9.47 Å². The zero-order chi connectivity index (χ0) is 20.1. The smallest absolute Gasteiger partial charge is 0.194 e. The Morgan fingerprint density at radius 2 is 2.07 bits per heavy atom. The van der Waals surface area contributed by atoms with Crippen molar-refractivity contribution in [2.45, 2.75) is 32.9 Å². The molecule has 30 heavy (non-hydrogen) atoms. The van der Waals surface area contributed by atoms with E-state index < -0.39 is 0 Å². The summed E-state index contributed by atoms with van der Waals surface area (Å²) in [6, 6.07) is 4.65. The number of hydrogen-bond acceptors (Lipinski definition) is 5. The molecule has 1 atom stereocenters. The molecule has 0 saturated carbocycles. The predicted molar refractivity (Wildman–Crippen MR) is 129 cm³/mol. The second-order valence-electron chi connectivity index (χ2n) is 7.54. The van der Waals surface area contributed by atoms with Gasteiger partial charge < -0.3 is 15.0 Å². The van der Waals surface area contributed by atoms with Gasteiger partial charge >= 0.3 is 0 Å². The molecule has 4 heterocycles. The minimum atomic E-state index is 0. The van der Waals surface area contributed by atoms with Crippen LogP contribution in [-0.2, 0) is 11.3 Å². The second-order valence-corrected chi connectivity index (χ2v) is 7.54. The molecule has 1 unspecified atom stereocenters. The number of aliphatic imine (C=N–C) groups is 1. The highest BCUT2D eigenvalue weighted by Crippen LogP contribution is 2.18. The maximum atomic E-state index is 5.51. The maximum Gasteiger partial charge on any atom is 0.194 e. The van der Waals surface area contributed by atoms with Crippen LogP contribution in [0.3, 0.4) is 0 Å². The van der Waals surface area contributed by atoms with Crippen LogP contribution >= 0.6 is 24.0 Å². The van der Waals surface area contributed by atoms with Gasteiger partial charge in [0, 0.05) is 62.9 Å². The zero-order valence-corrected chi connectivity index (χ0v) is 20.2. The van der Waals surface area contributed by atoms with Crippen LogP contribution in [0.15, 0.2) is 35.7 Å². The first-order chi connectivity index (χ1) is 14.3. The summed E-state index contributed by atoms with van der Waals surface area (Å²) < 4.78 is 7.52. The van der Waals surface area contributed by atoms with Gasteiger partial charge in [-0.05, 0) is 26.3 Å². The third-order valence-electron chi connectivity index (χ3n) is 5.68. The van der Waals surface area contributed by atoms with Gasteiger partial charge in [0.15, 0.2) is 5.96 Å². The Labute approximate surface area is 195 Å². The van der Waals surface area contributed by atoms with Crippen LogP contribution in [0.5, 0.6) is 0 Å². The van der Waals surface area contributed by atoms with E-state index in [0.29, 0.717) is 12.6 Å². The molecule has 164 valence electrons. The van der Waals surface area contributed by atoms with Crippen LogP contribution in [0.4, 0.5) is 0 Å². The molecule has 2 aromatic rings. The Balaban J connectivity index is 0.00000256. The number of ether oxygens (including phenoxy) is 1. The number of aryl methyl sites for hydroxylation is 1. The van der Waals surface area contributed by atoms with E-state index in [4.69, 9.17) is 9.73 Å². The summed E-state index contributed by atoms with van der Waals surface area (Å²) in [6.45, 7) is 11.4. The number of aromatic nitrogens is 3. The fraction of sp³-hybridized carbons (Fsp3) is 0.571. The molecular formula is C21H32IN7O. The summed E-state index contributed by atoms with van der Waals surface area (Å²) in [6.07, 6.45) is 6.75. The minimum absolute atomic E-state index is 0. The van der Waals surface area contributed by atoms with E-state index in [9.17, 15) is 0 Å². The lowest BCUT2D eigenvalue weighted by molar-refractivity contribution is 0.0195. The molecule has 2 aliphatic heterocycles. The van der Waals surface area contributed by atoms with E-state index in [1.165, 1.54) is 6.42 Å². The van der Waals surface area contributed by atoms with Crippen LogP contribution in [0.25, 0.3) is 5.82 Å². The highest BCUT2D eigenvalue weighted by Gasteiger charge is 2.30. The van der Waals surface area contributed by atoms with E-state index in [2.05, 4.69) is 38.1 Å². The van der Waals surface area contributed by atoms with Gasteiger partial charge in [-0.25, -0.2) is 15.0 Å². The fourth-order valence-corrected chi connectivity index (χ4v) is 4.13. The van der Waals surface area contributed by atoms with Crippen LogP contribution < -0.4 is 5.32 Å². The molecule has 0 radical (unpaired) electrons. The Kier molecular flexibility index (Phi) is 8.46. The van der Waals surface area contributed by atoms with E-state index in [-0.39, 0.29) is 24.0 Å². The summed E-state index contributed by atoms with van der Waals surface area (Å²) in [7, 11) is 0. The van der Waals surface area contributed by atoms with Crippen molar-refractivity contribution in [1.82, 2.24) is 29.7 Å². The van der Waals surface area contributed by atoms with E-state index >= 15 is 0 Å². The van der Waals surface area contributed by atoms with E-state index in [1.807, 2.05) is 30.0 Å². The summed E-state index contributed by atoms with van der Waals surface area (Å²) in [5.74, 6) is 2.81. The van der Waals surface area contributed by atoms with Gasteiger partial charge in [0.1, 0.15) is 11.6 Å². The summed E-state index contributed by atoms with van der Waals surface area (Å²) >= 11 is 0. The number of nitrogens with one attached hydrogen (secondary N) is 1. The van der Waals surface area contributed by atoms with Crippen molar-refractivity contribution in [2.75, 3.05) is 45.9 Å². The van der Waals surface area contributed by atoms with Crippen molar-refractivity contribution >= 4 is 29.9 Å². The van der Waals surface area contributed by atoms with Crippen molar-refractivity contribution in [3.8, 4) is 5.82 Å². The molecule has 2 fully saturated rings. The van der Waals surface area contributed by atoms with Crippen LogP contribution in [-0.4, -0.2) is 82.3 Å².